The SMILES string of the molecule is O=c1[nH]c(N[C@@H]2CCC[C@@H]2O)nc2c1cnn2-c1ccccc1. The highest BCUT2D eigenvalue weighted by Crippen LogP contribution is 2.22. The van der Waals surface area contributed by atoms with Gasteiger partial charge >= 0.3 is 0 Å². The van der Waals surface area contributed by atoms with Gasteiger partial charge in [0.05, 0.1) is 24.0 Å². The van der Waals surface area contributed by atoms with Crippen molar-refractivity contribution >= 4 is 17.0 Å². The molecule has 0 unspecified atom stereocenters. The van der Waals surface area contributed by atoms with Crippen LogP contribution in [0, 0.1) is 0 Å². The van der Waals surface area contributed by atoms with Crippen LogP contribution in [0.25, 0.3) is 16.7 Å². The van der Waals surface area contributed by atoms with Gasteiger partial charge in [-0.1, -0.05) is 18.2 Å². The molecule has 0 aliphatic heterocycles. The molecule has 2 aromatic heterocycles. The maximum absolute atomic E-state index is 12.2. The Labute approximate surface area is 132 Å². The molecule has 1 saturated carbocycles. The number of benzene rings is 1. The summed E-state index contributed by atoms with van der Waals surface area (Å²) in [6, 6.07) is 9.47. The van der Waals surface area contributed by atoms with Crippen LogP contribution in [0.15, 0.2) is 41.3 Å². The third-order valence-electron chi connectivity index (χ3n) is 4.24. The minimum atomic E-state index is -0.407. The first kappa shape index (κ1) is 14.0. The second-order valence-corrected chi connectivity index (χ2v) is 5.79. The normalized spacial score (nSPS) is 20.9. The summed E-state index contributed by atoms with van der Waals surface area (Å²) in [6.45, 7) is 0. The number of H-pyrrole nitrogens is 1. The van der Waals surface area contributed by atoms with E-state index in [1.807, 2.05) is 30.3 Å². The summed E-state index contributed by atoms with van der Waals surface area (Å²) < 4.78 is 1.64. The summed E-state index contributed by atoms with van der Waals surface area (Å²) in [5, 5.41) is 17.8. The molecule has 1 aliphatic carbocycles. The Morgan fingerprint density at radius 3 is 2.83 bits per heavy atom. The van der Waals surface area contributed by atoms with Gasteiger partial charge in [0.1, 0.15) is 5.39 Å². The molecular weight excluding hydrogens is 294 g/mol. The standard InChI is InChI=1S/C16H17N5O2/c22-13-8-4-7-12(13)18-16-19-14-11(15(23)20-16)9-17-21(14)10-5-2-1-3-6-10/h1-3,5-6,9,12-13,22H,4,7-8H2,(H2,18,19,20,23)/t12-,13+/m1/s1. The summed E-state index contributed by atoms with van der Waals surface area (Å²) in [5.74, 6) is 0.367. The van der Waals surface area contributed by atoms with Crippen molar-refractivity contribution in [3.8, 4) is 5.69 Å². The lowest BCUT2D eigenvalue weighted by molar-refractivity contribution is 0.171. The van der Waals surface area contributed by atoms with E-state index in [0.717, 1.165) is 24.9 Å². The average molecular weight is 311 g/mol. The lowest BCUT2D eigenvalue weighted by Gasteiger charge is -2.16. The monoisotopic (exact) mass is 311 g/mol. The molecule has 7 nitrogen and oxygen atoms in total. The Morgan fingerprint density at radius 1 is 1.26 bits per heavy atom. The second kappa shape index (κ2) is 5.51. The molecule has 0 spiro atoms. The predicted molar refractivity (Wildman–Crippen MR) is 86.8 cm³/mol. The largest absolute Gasteiger partial charge is 0.391 e. The Morgan fingerprint density at radius 2 is 2.09 bits per heavy atom. The molecule has 118 valence electrons. The molecule has 1 aromatic carbocycles. The summed E-state index contributed by atoms with van der Waals surface area (Å²) in [5.41, 5.74) is 1.09. The fraction of sp³-hybridized carbons (Fsp3) is 0.312. The molecule has 0 saturated heterocycles. The van der Waals surface area contributed by atoms with E-state index in [1.165, 1.54) is 6.20 Å². The van der Waals surface area contributed by atoms with Gasteiger partial charge in [0.15, 0.2) is 5.65 Å². The van der Waals surface area contributed by atoms with Gasteiger partial charge in [-0.2, -0.15) is 10.1 Å². The molecule has 0 bridgehead atoms. The second-order valence-electron chi connectivity index (χ2n) is 5.79. The van der Waals surface area contributed by atoms with E-state index in [4.69, 9.17) is 0 Å². The van der Waals surface area contributed by atoms with Gasteiger partial charge in [-0.25, -0.2) is 4.68 Å². The Balaban J connectivity index is 1.78. The predicted octanol–water partition coefficient (Wildman–Crippen LogP) is 1.43. The van der Waals surface area contributed by atoms with Crippen LogP contribution in [0.5, 0.6) is 0 Å². The number of anilines is 1. The van der Waals surface area contributed by atoms with Gasteiger partial charge in [-0.3, -0.25) is 9.78 Å². The Bertz CT molecular complexity index is 886. The molecule has 0 amide bonds. The van der Waals surface area contributed by atoms with Gasteiger partial charge in [-0.05, 0) is 31.4 Å². The van der Waals surface area contributed by atoms with Crippen molar-refractivity contribution in [3.05, 3.63) is 46.9 Å². The fourth-order valence-electron chi connectivity index (χ4n) is 3.03. The van der Waals surface area contributed by atoms with Crippen LogP contribution in [0.4, 0.5) is 5.95 Å². The zero-order valence-corrected chi connectivity index (χ0v) is 12.4. The minimum Gasteiger partial charge on any atom is -0.391 e. The first-order valence-electron chi connectivity index (χ1n) is 7.70. The number of hydrogen-bond donors (Lipinski definition) is 3. The van der Waals surface area contributed by atoms with Crippen LogP contribution in [0.3, 0.4) is 0 Å². The quantitative estimate of drug-likeness (QED) is 0.680. The van der Waals surface area contributed by atoms with Crippen molar-refractivity contribution in [1.82, 2.24) is 19.7 Å². The summed E-state index contributed by atoms with van der Waals surface area (Å²) in [4.78, 5) is 19.5. The van der Waals surface area contributed by atoms with Gasteiger partial charge < -0.3 is 10.4 Å². The number of nitrogens with one attached hydrogen (secondary N) is 2. The van der Waals surface area contributed by atoms with E-state index in [1.54, 1.807) is 4.68 Å². The van der Waals surface area contributed by atoms with E-state index >= 15 is 0 Å². The molecule has 7 heteroatoms. The molecule has 23 heavy (non-hydrogen) atoms. The van der Waals surface area contributed by atoms with Crippen molar-refractivity contribution in [3.63, 3.8) is 0 Å². The maximum atomic E-state index is 12.2. The minimum absolute atomic E-state index is 0.0799. The summed E-state index contributed by atoms with van der Waals surface area (Å²) in [6.07, 6.45) is 3.71. The number of rotatable bonds is 3. The number of hydrogen-bond acceptors (Lipinski definition) is 5. The zero-order valence-electron chi connectivity index (χ0n) is 12.4. The highest BCUT2D eigenvalue weighted by atomic mass is 16.3. The van der Waals surface area contributed by atoms with Crippen LogP contribution >= 0.6 is 0 Å². The van der Waals surface area contributed by atoms with Gasteiger partial charge in [0.2, 0.25) is 5.95 Å². The number of aliphatic hydroxyl groups excluding tert-OH is 1. The third kappa shape index (κ3) is 2.49. The van der Waals surface area contributed by atoms with Crippen molar-refractivity contribution in [2.45, 2.75) is 31.4 Å². The number of aromatic nitrogens is 4. The molecule has 0 radical (unpaired) electrons. The molecule has 1 fully saturated rings. The lowest BCUT2D eigenvalue weighted by atomic mass is 10.2. The van der Waals surface area contributed by atoms with Crippen molar-refractivity contribution < 1.29 is 5.11 Å². The first-order valence-corrected chi connectivity index (χ1v) is 7.70. The van der Waals surface area contributed by atoms with Gasteiger partial charge in [0.25, 0.3) is 5.56 Å². The third-order valence-corrected chi connectivity index (χ3v) is 4.24. The Kier molecular flexibility index (Phi) is 3.34. The number of nitrogens with zero attached hydrogens (tertiary/aromatic N) is 3. The highest BCUT2D eigenvalue weighted by molar-refractivity contribution is 5.76. The molecule has 2 atom stereocenters. The van der Waals surface area contributed by atoms with Gasteiger partial charge in [-0.15, -0.1) is 0 Å². The van der Waals surface area contributed by atoms with E-state index in [0.29, 0.717) is 17.0 Å². The van der Waals surface area contributed by atoms with Crippen LogP contribution in [-0.4, -0.2) is 37.0 Å². The topological polar surface area (TPSA) is 95.8 Å². The van der Waals surface area contributed by atoms with Crippen molar-refractivity contribution in [1.29, 1.82) is 0 Å². The molecule has 1 aliphatic rings. The van der Waals surface area contributed by atoms with Crippen LogP contribution < -0.4 is 10.9 Å². The summed E-state index contributed by atoms with van der Waals surface area (Å²) >= 11 is 0. The summed E-state index contributed by atoms with van der Waals surface area (Å²) in [7, 11) is 0. The molecule has 2 heterocycles. The van der Waals surface area contributed by atoms with Crippen molar-refractivity contribution in [2.75, 3.05) is 5.32 Å². The van der Waals surface area contributed by atoms with E-state index in [-0.39, 0.29) is 11.6 Å². The van der Waals surface area contributed by atoms with Gasteiger partial charge in [0, 0.05) is 0 Å². The Hall–Kier alpha value is -2.67. The van der Waals surface area contributed by atoms with E-state index in [9.17, 15) is 9.90 Å². The maximum Gasteiger partial charge on any atom is 0.263 e. The number of fused-ring (bicyclic) bond motifs is 1. The number of aromatic amines is 1. The van der Waals surface area contributed by atoms with E-state index < -0.39 is 6.10 Å². The lowest BCUT2D eigenvalue weighted by Crippen LogP contribution is -2.30. The molecule has 4 rings (SSSR count). The first-order chi connectivity index (χ1) is 11.2. The van der Waals surface area contributed by atoms with Crippen LogP contribution in [0.1, 0.15) is 19.3 Å². The smallest absolute Gasteiger partial charge is 0.263 e. The number of para-hydroxylation sites is 1. The van der Waals surface area contributed by atoms with Crippen molar-refractivity contribution in [2.24, 2.45) is 0 Å². The molecule has 3 N–H and O–H groups in total. The zero-order chi connectivity index (χ0) is 15.8. The molecular formula is C16H17N5O2. The number of aliphatic hydroxyl groups is 1. The molecule has 3 aromatic rings. The van der Waals surface area contributed by atoms with Crippen LogP contribution in [-0.2, 0) is 0 Å². The van der Waals surface area contributed by atoms with Crippen LogP contribution in [0.2, 0.25) is 0 Å². The van der Waals surface area contributed by atoms with E-state index in [2.05, 4.69) is 20.4 Å². The highest BCUT2D eigenvalue weighted by Gasteiger charge is 2.25. The average Bonchev–Trinajstić information content (AvgIpc) is 3.15. The fourth-order valence-corrected chi connectivity index (χ4v) is 3.03.